The highest BCUT2D eigenvalue weighted by atomic mass is 16.6. The van der Waals surface area contributed by atoms with Gasteiger partial charge in [-0.25, -0.2) is 4.79 Å². The molecule has 128 valence electrons. The molecule has 23 heavy (non-hydrogen) atoms. The van der Waals surface area contributed by atoms with Gasteiger partial charge in [0.1, 0.15) is 5.60 Å². The average molecular weight is 316 g/mol. The largest absolute Gasteiger partial charge is 0.455 e. The standard InChI is InChI=1S/C21H32O2/c1-5-8-9-10-13-16(6-2)19-17-14-11-12-15-18(17)20(22)23-21(19,4)7-3/h11-12,14-16,19H,5-10,13H2,1-4H3. The predicted molar refractivity (Wildman–Crippen MR) is 95.8 cm³/mol. The zero-order chi connectivity index (χ0) is 16.9. The fourth-order valence-corrected chi connectivity index (χ4v) is 4.10. The van der Waals surface area contributed by atoms with E-state index in [1.165, 1.54) is 37.7 Å². The maximum absolute atomic E-state index is 12.4. The molecule has 1 aromatic carbocycles. The minimum atomic E-state index is -0.378. The average Bonchev–Trinajstić information content (AvgIpc) is 2.57. The Morgan fingerprint density at radius 2 is 1.87 bits per heavy atom. The van der Waals surface area contributed by atoms with Crippen LogP contribution in [-0.2, 0) is 4.74 Å². The second-order valence-electron chi connectivity index (χ2n) is 7.14. The molecule has 2 nitrogen and oxygen atoms in total. The fourth-order valence-electron chi connectivity index (χ4n) is 4.10. The van der Waals surface area contributed by atoms with Gasteiger partial charge in [0, 0.05) is 5.92 Å². The first-order valence-electron chi connectivity index (χ1n) is 9.39. The molecule has 3 atom stereocenters. The number of fused-ring (bicyclic) bond motifs is 1. The van der Waals surface area contributed by atoms with Crippen LogP contribution in [0.15, 0.2) is 24.3 Å². The molecule has 0 N–H and O–H groups in total. The summed E-state index contributed by atoms with van der Waals surface area (Å²) in [7, 11) is 0. The lowest BCUT2D eigenvalue weighted by molar-refractivity contribution is -0.0453. The van der Waals surface area contributed by atoms with E-state index in [0.717, 1.165) is 18.4 Å². The summed E-state index contributed by atoms with van der Waals surface area (Å²) in [5.74, 6) is 0.737. The first-order chi connectivity index (χ1) is 11.1. The highest BCUT2D eigenvalue weighted by molar-refractivity contribution is 5.93. The van der Waals surface area contributed by atoms with Crippen LogP contribution in [0.25, 0.3) is 0 Å². The number of ether oxygens (including phenoxy) is 1. The zero-order valence-corrected chi connectivity index (χ0v) is 15.2. The van der Waals surface area contributed by atoms with Gasteiger partial charge in [-0.2, -0.15) is 0 Å². The molecule has 0 aliphatic carbocycles. The van der Waals surface area contributed by atoms with Crippen molar-refractivity contribution in [3.8, 4) is 0 Å². The van der Waals surface area contributed by atoms with Crippen molar-refractivity contribution in [2.75, 3.05) is 0 Å². The van der Waals surface area contributed by atoms with Crippen molar-refractivity contribution >= 4 is 5.97 Å². The van der Waals surface area contributed by atoms with Crippen LogP contribution in [0.2, 0.25) is 0 Å². The van der Waals surface area contributed by atoms with Crippen molar-refractivity contribution in [1.29, 1.82) is 0 Å². The van der Waals surface area contributed by atoms with E-state index in [0.29, 0.717) is 11.8 Å². The van der Waals surface area contributed by atoms with Gasteiger partial charge in [0.2, 0.25) is 0 Å². The molecule has 2 heteroatoms. The molecule has 1 aliphatic heterocycles. The van der Waals surface area contributed by atoms with E-state index >= 15 is 0 Å². The molecule has 2 rings (SSSR count). The van der Waals surface area contributed by atoms with Gasteiger partial charge in [-0.3, -0.25) is 0 Å². The van der Waals surface area contributed by atoms with Crippen molar-refractivity contribution in [3.05, 3.63) is 35.4 Å². The van der Waals surface area contributed by atoms with Gasteiger partial charge in [0.05, 0.1) is 5.56 Å². The molecular weight excluding hydrogens is 284 g/mol. The van der Waals surface area contributed by atoms with Gasteiger partial charge in [-0.15, -0.1) is 0 Å². The number of carbonyl (C=O) groups is 1. The Bertz CT molecular complexity index is 522. The summed E-state index contributed by atoms with van der Waals surface area (Å²) < 4.78 is 5.93. The summed E-state index contributed by atoms with van der Waals surface area (Å²) in [6.45, 7) is 8.79. The summed E-state index contributed by atoms with van der Waals surface area (Å²) in [5, 5.41) is 0. The van der Waals surface area contributed by atoms with Crippen LogP contribution in [0.5, 0.6) is 0 Å². The third-order valence-corrected chi connectivity index (χ3v) is 5.63. The number of cyclic esters (lactones) is 1. The van der Waals surface area contributed by atoms with Crippen LogP contribution in [-0.4, -0.2) is 11.6 Å². The van der Waals surface area contributed by atoms with Crippen molar-refractivity contribution in [3.63, 3.8) is 0 Å². The lowest BCUT2D eigenvalue weighted by Crippen LogP contribution is -2.45. The van der Waals surface area contributed by atoms with Crippen LogP contribution in [0, 0.1) is 5.92 Å². The normalized spacial score (nSPS) is 24.9. The van der Waals surface area contributed by atoms with Gasteiger partial charge in [0.15, 0.2) is 0 Å². The Morgan fingerprint density at radius 1 is 1.13 bits per heavy atom. The fraction of sp³-hybridized carbons (Fsp3) is 0.667. The van der Waals surface area contributed by atoms with Crippen molar-refractivity contribution in [2.45, 2.75) is 84.2 Å². The second kappa shape index (κ2) is 7.99. The van der Waals surface area contributed by atoms with Crippen LogP contribution < -0.4 is 0 Å². The first kappa shape index (κ1) is 18.0. The van der Waals surface area contributed by atoms with Crippen molar-refractivity contribution < 1.29 is 9.53 Å². The molecule has 0 bridgehead atoms. The van der Waals surface area contributed by atoms with E-state index in [-0.39, 0.29) is 11.6 Å². The highest BCUT2D eigenvalue weighted by Gasteiger charge is 2.46. The predicted octanol–water partition coefficient (Wildman–Crippen LogP) is 6.11. The van der Waals surface area contributed by atoms with Gasteiger partial charge in [0.25, 0.3) is 0 Å². The molecule has 0 radical (unpaired) electrons. The van der Waals surface area contributed by atoms with Crippen molar-refractivity contribution in [2.24, 2.45) is 5.92 Å². The van der Waals surface area contributed by atoms with Gasteiger partial charge in [-0.05, 0) is 37.3 Å². The third-order valence-electron chi connectivity index (χ3n) is 5.63. The SMILES string of the molecule is CCCCCCC(CC)C1c2ccccc2C(=O)OC1(C)CC. The Balaban J connectivity index is 2.30. The monoisotopic (exact) mass is 316 g/mol. The minimum Gasteiger partial charge on any atom is -0.455 e. The molecule has 1 heterocycles. The molecule has 0 spiro atoms. The van der Waals surface area contributed by atoms with E-state index in [2.05, 4.69) is 39.8 Å². The van der Waals surface area contributed by atoms with Crippen LogP contribution in [0.1, 0.15) is 94.5 Å². The lowest BCUT2D eigenvalue weighted by atomic mass is 9.68. The molecule has 0 fully saturated rings. The summed E-state index contributed by atoms with van der Waals surface area (Å²) in [4.78, 5) is 12.4. The van der Waals surface area contributed by atoms with E-state index in [9.17, 15) is 4.79 Å². The number of unbranched alkanes of at least 4 members (excludes halogenated alkanes) is 3. The van der Waals surface area contributed by atoms with Crippen molar-refractivity contribution in [1.82, 2.24) is 0 Å². The van der Waals surface area contributed by atoms with Crippen LogP contribution >= 0.6 is 0 Å². The minimum absolute atomic E-state index is 0.151. The Morgan fingerprint density at radius 3 is 2.52 bits per heavy atom. The molecule has 1 aliphatic rings. The Labute approximate surface area is 141 Å². The quantitative estimate of drug-likeness (QED) is 0.427. The topological polar surface area (TPSA) is 26.3 Å². The lowest BCUT2D eigenvalue weighted by Gasteiger charge is -2.45. The Kier molecular flexibility index (Phi) is 6.26. The van der Waals surface area contributed by atoms with Crippen LogP contribution in [0.4, 0.5) is 0 Å². The Hall–Kier alpha value is -1.31. The number of esters is 1. The molecule has 0 aromatic heterocycles. The van der Waals surface area contributed by atoms with E-state index in [4.69, 9.17) is 4.74 Å². The maximum atomic E-state index is 12.4. The third kappa shape index (κ3) is 3.79. The molecule has 1 aromatic rings. The van der Waals surface area contributed by atoms with Gasteiger partial charge >= 0.3 is 5.97 Å². The maximum Gasteiger partial charge on any atom is 0.338 e. The van der Waals surface area contributed by atoms with E-state index < -0.39 is 0 Å². The zero-order valence-electron chi connectivity index (χ0n) is 15.2. The van der Waals surface area contributed by atoms with Gasteiger partial charge in [-0.1, -0.05) is 71.1 Å². The molecule has 3 unspecified atom stereocenters. The summed E-state index contributed by atoms with van der Waals surface area (Å²) in [6, 6.07) is 8.06. The summed E-state index contributed by atoms with van der Waals surface area (Å²) in [5.41, 5.74) is 1.60. The number of rotatable bonds is 8. The number of hydrogen-bond donors (Lipinski definition) is 0. The molecule has 0 amide bonds. The number of carbonyl (C=O) groups excluding carboxylic acids is 1. The summed E-state index contributed by atoms with van der Waals surface area (Å²) in [6.07, 6.45) is 8.40. The van der Waals surface area contributed by atoms with E-state index in [1.807, 2.05) is 12.1 Å². The smallest absolute Gasteiger partial charge is 0.338 e. The first-order valence-corrected chi connectivity index (χ1v) is 9.39. The molecule has 0 saturated heterocycles. The second-order valence-corrected chi connectivity index (χ2v) is 7.14. The van der Waals surface area contributed by atoms with Crippen LogP contribution in [0.3, 0.4) is 0 Å². The molecule has 0 saturated carbocycles. The van der Waals surface area contributed by atoms with E-state index in [1.54, 1.807) is 0 Å². The van der Waals surface area contributed by atoms with Gasteiger partial charge < -0.3 is 4.74 Å². The summed E-state index contributed by atoms with van der Waals surface area (Å²) >= 11 is 0. The highest BCUT2D eigenvalue weighted by Crippen LogP contribution is 2.47. The number of benzene rings is 1. The molecular formula is C21H32O2. The number of hydrogen-bond acceptors (Lipinski definition) is 2.